The van der Waals surface area contributed by atoms with Crippen LogP contribution >= 0.6 is 11.8 Å². The van der Waals surface area contributed by atoms with E-state index in [1.165, 1.54) is 17.5 Å². The van der Waals surface area contributed by atoms with Crippen LogP contribution in [0.3, 0.4) is 0 Å². The minimum absolute atomic E-state index is 0.0729. The van der Waals surface area contributed by atoms with Gasteiger partial charge in [-0.05, 0) is 38.0 Å². The Labute approximate surface area is 115 Å². The van der Waals surface area contributed by atoms with Gasteiger partial charge in [-0.15, -0.1) is 0 Å². The molecule has 0 aliphatic heterocycles. The largest absolute Gasteiger partial charge is 0.394 e. The Balaban J connectivity index is 2.09. The molecular formula is C15H25NOS. The average Bonchev–Trinajstić information content (AvgIpc) is 2.34. The van der Waals surface area contributed by atoms with Crippen LogP contribution in [0.25, 0.3) is 0 Å². The van der Waals surface area contributed by atoms with E-state index in [1.54, 1.807) is 0 Å². The highest BCUT2D eigenvalue weighted by molar-refractivity contribution is 7.98. The van der Waals surface area contributed by atoms with Crippen molar-refractivity contribution >= 4 is 11.8 Å². The number of hydrogen-bond acceptors (Lipinski definition) is 3. The number of nitrogens with two attached hydrogens (primary N) is 1. The predicted molar refractivity (Wildman–Crippen MR) is 80.9 cm³/mol. The van der Waals surface area contributed by atoms with Gasteiger partial charge in [0.25, 0.3) is 0 Å². The number of aliphatic hydroxyl groups is 1. The third kappa shape index (κ3) is 6.43. The highest BCUT2D eigenvalue weighted by Crippen LogP contribution is 2.17. The Hall–Kier alpha value is -0.510. The molecule has 0 aromatic heterocycles. The van der Waals surface area contributed by atoms with Gasteiger partial charge < -0.3 is 10.8 Å². The topological polar surface area (TPSA) is 46.2 Å². The predicted octanol–water partition coefficient (Wildman–Crippen LogP) is 3.11. The minimum Gasteiger partial charge on any atom is -0.394 e. The summed E-state index contributed by atoms with van der Waals surface area (Å²) in [4.78, 5) is 0. The summed E-state index contributed by atoms with van der Waals surface area (Å²) in [5.74, 6) is 2.25. The molecule has 1 aromatic rings. The summed E-state index contributed by atoms with van der Waals surface area (Å²) < 4.78 is 0. The molecule has 0 aliphatic rings. The van der Waals surface area contributed by atoms with Gasteiger partial charge in [0.15, 0.2) is 0 Å². The molecule has 0 saturated heterocycles. The van der Waals surface area contributed by atoms with Crippen molar-refractivity contribution in [3.63, 3.8) is 0 Å². The molecule has 0 amide bonds. The van der Waals surface area contributed by atoms with E-state index in [9.17, 15) is 0 Å². The fraction of sp³-hybridized carbons (Fsp3) is 0.600. The van der Waals surface area contributed by atoms with Gasteiger partial charge in [0.2, 0.25) is 0 Å². The van der Waals surface area contributed by atoms with Crippen molar-refractivity contribution < 1.29 is 5.11 Å². The zero-order valence-electron chi connectivity index (χ0n) is 11.5. The quantitative estimate of drug-likeness (QED) is 0.711. The van der Waals surface area contributed by atoms with Crippen LogP contribution in [0.1, 0.15) is 37.3 Å². The monoisotopic (exact) mass is 267 g/mol. The third-order valence-electron chi connectivity index (χ3n) is 3.00. The van der Waals surface area contributed by atoms with E-state index in [4.69, 9.17) is 10.8 Å². The summed E-state index contributed by atoms with van der Waals surface area (Å²) in [6.45, 7) is 4.11. The van der Waals surface area contributed by atoms with E-state index in [0.717, 1.165) is 24.3 Å². The third-order valence-corrected chi connectivity index (χ3v) is 4.11. The van der Waals surface area contributed by atoms with Gasteiger partial charge in [0.05, 0.1) is 6.61 Å². The standard InChI is InChI=1S/C15H25NOS/c1-13-6-5-7-14(10-13)11-18-9-4-3-8-15(2,16)12-17/h5-7,10,17H,3-4,8-9,11-12,16H2,1-2H3. The summed E-state index contributed by atoms with van der Waals surface area (Å²) in [6.07, 6.45) is 3.16. The molecule has 1 atom stereocenters. The van der Waals surface area contributed by atoms with Crippen molar-refractivity contribution in [2.24, 2.45) is 5.73 Å². The van der Waals surface area contributed by atoms with Gasteiger partial charge in [0.1, 0.15) is 0 Å². The first-order valence-corrected chi connectivity index (χ1v) is 7.72. The number of unbranched alkanes of at least 4 members (excludes halogenated alkanes) is 1. The highest BCUT2D eigenvalue weighted by Gasteiger charge is 2.15. The van der Waals surface area contributed by atoms with Gasteiger partial charge in [-0.2, -0.15) is 11.8 Å². The van der Waals surface area contributed by atoms with Crippen LogP contribution in [0.4, 0.5) is 0 Å². The van der Waals surface area contributed by atoms with Gasteiger partial charge in [-0.1, -0.05) is 36.2 Å². The molecular weight excluding hydrogens is 242 g/mol. The number of thioether (sulfide) groups is 1. The molecule has 2 nitrogen and oxygen atoms in total. The molecule has 0 bridgehead atoms. The number of hydrogen-bond donors (Lipinski definition) is 2. The second-order valence-electron chi connectivity index (χ2n) is 5.31. The first-order valence-electron chi connectivity index (χ1n) is 6.56. The molecule has 0 spiro atoms. The van der Waals surface area contributed by atoms with Crippen LogP contribution in [0, 0.1) is 6.92 Å². The smallest absolute Gasteiger partial charge is 0.0608 e. The lowest BCUT2D eigenvalue weighted by Crippen LogP contribution is -2.39. The normalized spacial score (nSPS) is 14.4. The number of aryl methyl sites for hydroxylation is 1. The Morgan fingerprint density at radius 1 is 1.33 bits per heavy atom. The van der Waals surface area contributed by atoms with Gasteiger partial charge >= 0.3 is 0 Å². The molecule has 3 heteroatoms. The number of rotatable bonds is 8. The molecule has 0 radical (unpaired) electrons. The SMILES string of the molecule is Cc1cccc(CSCCCCC(C)(N)CO)c1. The molecule has 102 valence electrons. The Morgan fingerprint density at radius 2 is 2.11 bits per heavy atom. The maximum absolute atomic E-state index is 9.04. The molecule has 0 heterocycles. The molecule has 1 rings (SSSR count). The first-order chi connectivity index (χ1) is 8.53. The van der Waals surface area contributed by atoms with Crippen LogP contribution < -0.4 is 5.73 Å². The van der Waals surface area contributed by atoms with Crippen LogP contribution in [0.15, 0.2) is 24.3 Å². The fourth-order valence-electron chi connectivity index (χ4n) is 1.80. The summed E-state index contributed by atoms with van der Waals surface area (Å²) in [5.41, 5.74) is 8.21. The Bertz CT molecular complexity index is 352. The van der Waals surface area contributed by atoms with E-state index in [-0.39, 0.29) is 6.61 Å². The molecule has 1 aromatic carbocycles. The second-order valence-corrected chi connectivity index (χ2v) is 6.42. The second kappa shape index (κ2) is 7.82. The lowest BCUT2D eigenvalue weighted by Gasteiger charge is -2.21. The molecule has 0 fully saturated rings. The van der Waals surface area contributed by atoms with Crippen molar-refractivity contribution in [3.05, 3.63) is 35.4 Å². The van der Waals surface area contributed by atoms with E-state index in [2.05, 4.69) is 31.2 Å². The first kappa shape index (κ1) is 15.5. The highest BCUT2D eigenvalue weighted by atomic mass is 32.2. The van der Waals surface area contributed by atoms with E-state index < -0.39 is 5.54 Å². The van der Waals surface area contributed by atoms with Gasteiger partial charge in [-0.25, -0.2) is 0 Å². The zero-order valence-corrected chi connectivity index (χ0v) is 12.3. The van der Waals surface area contributed by atoms with Crippen LogP contribution in [-0.2, 0) is 5.75 Å². The zero-order chi connectivity index (χ0) is 13.4. The molecule has 1 unspecified atom stereocenters. The van der Waals surface area contributed by atoms with Crippen LogP contribution in [0.5, 0.6) is 0 Å². The maximum Gasteiger partial charge on any atom is 0.0608 e. The molecule has 0 aliphatic carbocycles. The van der Waals surface area contributed by atoms with E-state index in [1.807, 2.05) is 18.7 Å². The van der Waals surface area contributed by atoms with E-state index >= 15 is 0 Å². The fourth-order valence-corrected chi connectivity index (χ4v) is 2.77. The maximum atomic E-state index is 9.04. The summed E-state index contributed by atoms with van der Waals surface area (Å²) in [6, 6.07) is 8.68. The molecule has 18 heavy (non-hydrogen) atoms. The summed E-state index contributed by atoms with van der Waals surface area (Å²) >= 11 is 1.97. The van der Waals surface area contributed by atoms with E-state index in [0.29, 0.717) is 0 Å². The van der Waals surface area contributed by atoms with Crippen molar-refractivity contribution in [1.29, 1.82) is 0 Å². The lowest BCUT2D eigenvalue weighted by atomic mass is 9.98. The van der Waals surface area contributed by atoms with Crippen LogP contribution in [0.2, 0.25) is 0 Å². The van der Waals surface area contributed by atoms with Crippen molar-refractivity contribution in [2.45, 2.75) is 44.4 Å². The van der Waals surface area contributed by atoms with Crippen molar-refractivity contribution in [1.82, 2.24) is 0 Å². The van der Waals surface area contributed by atoms with Gasteiger partial charge in [-0.3, -0.25) is 0 Å². The summed E-state index contributed by atoms with van der Waals surface area (Å²) in [5, 5.41) is 9.04. The van der Waals surface area contributed by atoms with Crippen molar-refractivity contribution in [3.8, 4) is 0 Å². The number of aliphatic hydroxyl groups excluding tert-OH is 1. The average molecular weight is 267 g/mol. The lowest BCUT2D eigenvalue weighted by molar-refractivity contribution is 0.198. The number of benzene rings is 1. The summed E-state index contributed by atoms with van der Waals surface area (Å²) in [7, 11) is 0. The van der Waals surface area contributed by atoms with Gasteiger partial charge in [0, 0.05) is 11.3 Å². The van der Waals surface area contributed by atoms with Crippen LogP contribution in [-0.4, -0.2) is 23.0 Å². The molecule has 0 saturated carbocycles. The Kier molecular flexibility index (Phi) is 6.76. The Morgan fingerprint density at radius 3 is 2.78 bits per heavy atom. The van der Waals surface area contributed by atoms with Crippen molar-refractivity contribution in [2.75, 3.05) is 12.4 Å². The molecule has 3 N–H and O–H groups in total. The minimum atomic E-state index is -0.402.